The zero-order valence-corrected chi connectivity index (χ0v) is 13.1. The summed E-state index contributed by atoms with van der Waals surface area (Å²) >= 11 is 0. The molecule has 0 radical (unpaired) electrons. The number of aromatic nitrogens is 2. The summed E-state index contributed by atoms with van der Waals surface area (Å²) < 4.78 is 17.1. The fourth-order valence-electron chi connectivity index (χ4n) is 2.33. The van der Waals surface area contributed by atoms with E-state index in [1.807, 2.05) is 0 Å². The number of hydrogen-bond donors (Lipinski definition) is 1. The van der Waals surface area contributed by atoms with E-state index < -0.39 is 5.82 Å². The number of halogens is 1. The van der Waals surface area contributed by atoms with Crippen LogP contribution in [0.2, 0.25) is 0 Å². The molecule has 2 aromatic heterocycles. The van der Waals surface area contributed by atoms with Crippen LogP contribution in [0.15, 0.2) is 70.5 Å². The quantitative estimate of drug-likeness (QED) is 0.801. The van der Waals surface area contributed by atoms with Gasteiger partial charge in [-0.15, -0.1) is 0 Å². The molecule has 24 heavy (non-hydrogen) atoms. The van der Waals surface area contributed by atoms with Gasteiger partial charge in [0.05, 0.1) is 11.4 Å². The van der Waals surface area contributed by atoms with Crippen LogP contribution >= 0.6 is 0 Å². The minimum absolute atomic E-state index is 0.117. The second kappa shape index (κ2) is 6.54. The second-order valence-electron chi connectivity index (χ2n) is 5.41. The van der Waals surface area contributed by atoms with E-state index in [1.165, 1.54) is 27.3 Å². The lowest BCUT2D eigenvalue weighted by atomic mass is 10.2. The Morgan fingerprint density at radius 3 is 2.54 bits per heavy atom. The zero-order chi connectivity index (χ0) is 17.1. The van der Waals surface area contributed by atoms with Crippen LogP contribution in [0.3, 0.4) is 0 Å². The minimum Gasteiger partial charge on any atom is -0.379 e. The van der Waals surface area contributed by atoms with Gasteiger partial charge in [0.15, 0.2) is 0 Å². The maximum atomic E-state index is 14.3. The van der Waals surface area contributed by atoms with Gasteiger partial charge in [-0.05, 0) is 29.8 Å². The molecule has 1 aromatic carbocycles. The molecule has 0 atom stereocenters. The predicted molar refractivity (Wildman–Crippen MR) is 91.0 cm³/mol. The number of benzene rings is 1. The Labute approximate surface area is 137 Å². The first-order valence-electron chi connectivity index (χ1n) is 7.41. The van der Waals surface area contributed by atoms with Crippen molar-refractivity contribution >= 4 is 5.69 Å². The average molecular weight is 325 g/mol. The smallest absolute Gasteiger partial charge is 0.255 e. The summed E-state index contributed by atoms with van der Waals surface area (Å²) in [5, 5.41) is 2.96. The normalized spacial score (nSPS) is 10.6. The molecule has 0 spiro atoms. The number of pyridine rings is 2. The van der Waals surface area contributed by atoms with Crippen molar-refractivity contribution < 1.29 is 4.39 Å². The molecule has 0 saturated heterocycles. The van der Waals surface area contributed by atoms with Gasteiger partial charge in [-0.1, -0.05) is 6.07 Å². The summed E-state index contributed by atoms with van der Waals surface area (Å²) in [5.74, 6) is -0.466. The Hall–Kier alpha value is -3.15. The third-order valence-electron chi connectivity index (χ3n) is 3.71. The van der Waals surface area contributed by atoms with Gasteiger partial charge in [-0.2, -0.15) is 0 Å². The first-order chi connectivity index (χ1) is 11.5. The summed E-state index contributed by atoms with van der Waals surface area (Å²) in [4.78, 5) is 23.4. The molecule has 0 unspecified atom stereocenters. The standard InChI is InChI=1S/C18H16FN3O2/c1-21-9-7-13(10-18(21)24)12-20-16-6-5-14(11-15(16)19)22-8-3-2-4-17(22)23/h2-11,20H,12H2,1H3. The van der Waals surface area contributed by atoms with Crippen LogP contribution < -0.4 is 16.4 Å². The summed E-state index contributed by atoms with van der Waals surface area (Å²) in [5.41, 5.74) is 1.19. The summed E-state index contributed by atoms with van der Waals surface area (Å²) in [7, 11) is 1.67. The highest BCUT2D eigenvalue weighted by molar-refractivity contribution is 5.50. The molecule has 0 bridgehead atoms. The van der Waals surface area contributed by atoms with E-state index in [2.05, 4.69) is 5.32 Å². The van der Waals surface area contributed by atoms with Crippen LogP contribution in [0.5, 0.6) is 0 Å². The van der Waals surface area contributed by atoms with Gasteiger partial charge < -0.3 is 9.88 Å². The summed E-state index contributed by atoms with van der Waals surface area (Å²) in [6.07, 6.45) is 3.25. The maximum absolute atomic E-state index is 14.3. The SMILES string of the molecule is Cn1ccc(CNc2ccc(-n3ccccc3=O)cc2F)cc1=O. The van der Waals surface area contributed by atoms with Crippen molar-refractivity contribution in [2.45, 2.75) is 6.54 Å². The highest BCUT2D eigenvalue weighted by Crippen LogP contribution is 2.18. The summed E-state index contributed by atoms with van der Waals surface area (Å²) in [6, 6.07) is 12.6. The number of nitrogens with one attached hydrogen (secondary N) is 1. The molecule has 0 amide bonds. The molecule has 2 heterocycles. The van der Waals surface area contributed by atoms with E-state index in [4.69, 9.17) is 0 Å². The molecular weight excluding hydrogens is 309 g/mol. The lowest BCUT2D eigenvalue weighted by Crippen LogP contribution is -2.16. The van der Waals surface area contributed by atoms with Gasteiger partial charge in [0.1, 0.15) is 5.82 Å². The first kappa shape index (κ1) is 15.7. The molecule has 5 nitrogen and oxygen atoms in total. The van der Waals surface area contributed by atoms with Gasteiger partial charge >= 0.3 is 0 Å². The monoisotopic (exact) mass is 325 g/mol. The first-order valence-corrected chi connectivity index (χ1v) is 7.41. The highest BCUT2D eigenvalue weighted by Gasteiger charge is 2.06. The van der Waals surface area contributed by atoms with E-state index >= 15 is 0 Å². The fraction of sp³-hybridized carbons (Fsp3) is 0.111. The Morgan fingerprint density at radius 1 is 1.00 bits per heavy atom. The molecule has 3 rings (SSSR count). The maximum Gasteiger partial charge on any atom is 0.255 e. The number of hydrogen-bond acceptors (Lipinski definition) is 3. The van der Waals surface area contributed by atoms with Crippen molar-refractivity contribution in [1.29, 1.82) is 0 Å². The van der Waals surface area contributed by atoms with Gasteiger partial charge in [0, 0.05) is 44.2 Å². The minimum atomic E-state index is -0.466. The van der Waals surface area contributed by atoms with Crippen molar-refractivity contribution in [2.24, 2.45) is 7.05 Å². The third-order valence-corrected chi connectivity index (χ3v) is 3.71. The van der Waals surface area contributed by atoms with Crippen molar-refractivity contribution in [2.75, 3.05) is 5.32 Å². The van der Waals surface area contributed by atoms with Gasteiger partial charge in [0.2, 0.25) is 0 Å². The van der Waals surface area contributed by atoms with E-state index in [9.17, 15) is 14.0 Å². The van der Waals surface area contributed by atoms with Gasteiger partial charge in [-0.3, -0.25) is 14.2 Å². The molecule has 122 valence electrons. The molecule has 3 aromatic rings. The van der Waals surface area contributed by atoms with E-state index in [0.29, 0.717) is 17.9 Å². The number of aryl methyl sites for hydroxylation is 1. The number of rotatable bonds is 4. The zero-order valence-electron chi connectivity index (χ0n) is 13.1. The van der Waals surface area contributed by atoms with Crippen molar-refractivity contribution in [1.82, 2.24) is 9.13 Å². The summed E-state index contributed by atoms with van der Waals surface area (Å²) in [6.45, 7) is 0.331. The van der Waals surface area contributed by atoms with Crippen molar-refractivity contribution in [3.63, 3.8) is 0 Å². The average Bonchev–Trinajstić information content (AvgIpc) is 2.57. The van der Waals surface area contributed by atoms with Crippen LogP contribution in [-0.4, -0.2) is 9.13 Å². The van der Waals surface area contributed by atoms with Crippen LogP contribution in [0.4, 0.5) is 10.1 Å². The molecule has 6 heteroatoms. The Kier molecular flexibility index (Phi) is 4.29. The Balaban J connectivity index is 1.80. The molecule has 0 aliphatic rings. The Bertz CT molecular complexity index is 992. The van der Waals surface area contributed by atoms with Crippen LogP contribution in [-0.2, 0) is 13.6 Å². The van der Waals surface area contributed by atoms with Crippen LogP contribution in [0.25, 0.3) is 5.69 Å². The predicted octanol–water partition coefficient (Wildman–Crippen LogP) is 2.29. The molecular formula is C18H16FN3O2. The Morgan fingerprint density at radius 2 is 1.83 bits per heavy atom. The highest BCUT2D eigenvalue weighted by atomic mass is 19.1. The van der Waals surface area contributed by atoms with Crippen LogP contribution in [0.1, 0.15) is 5.56 Å². The molecule has 0 aliphatic carbocycles. The number of anilines is 1. The lowest BCUT2D eigenvalue weighted by molar-refractivity contribution is 0.628. The van der Waals surface area contributed by atoms with Gasteiger partial charge in [-0.25, -0.2) is 4.39 Å². The molecule has 1 N–H and O–H groups in total. The van der Waals surface area contributed by atoms with Crippen molar-refractivity contribution in [3.05, 3.63) is 93.0 Å². The molecule has 0 fully saturated rings. The third kappa shape index (κ3) is 3.27. The molecule has 0 saturated carbocycles. The topological polar surface area (TPSA) is 56.0 Å². The fourth-order valence-corrected chi connectivity index (χ4v) is 2.33. The van der Waals surface area contributed by atoms with E-state index in [0.717, 1.165) is 5.56 Å². The van der Waals surface area contributed by atoms with E-state index in [1.54, 1.807) is 49.8 Å². The largest absolute Gasteiger partial charge is 0.379 e. The van der Waals surface area contributed by atoms with E-state index in [-0.39, 0.29) is 11.1 Å². The van der Waals surface area contributed by atoms with Crippen LogP contribution in [0, 0.1) is 5.82 Å². The second-order valence-corrected chi connectivity index (χ2v) is 5.41. The van der Waals surface area contributed by atoms with Crippen molar-refractivity contribution in [3.8, 4) is 5.69 Å². The van der Waals surface area contributed by atoms with Gasteiger partial charge in [0.25, 0.3) is 11.1 Å². The number of nitrogens with zero attached hydrogens (tertiary/aromatic N) is 2. The lowest BCUT2D eigenvalue weighted by Gasteiger charge is -2.10. The molecule has 0 aliphatic heterocycles.